The molecule has 3 N–H and O–H groups in total. The third-order valence-corrected chi connectivity index (χ3v) is 15.9. The molecular formula is C44H71NO12Si. The molecule has 0 aliphatic carbocycles. The van der Waals surface area contributed by atoms with Crippen LogP contribution in [-0.4, -0.2) is 143 Å². The Hall–Kier alpha value is -1.11. The summed E-state index contributed by atoms with van der Waals surface area (Å²) in [4.78, 5) is 23.8. The van der Waals surface area contributed by atoms with Gasteiger partial charge in [0.15, 0.2) is 14.1 Å². The molecule has 9 aliphatic heterocycles. The van der Waals surface area contributed by atoms with Crippen molar-refractivity contribution in [1.29, 1.82) is 0 Å². The van der Waals surface area contributed by atoms with E-state index < -0.39 is 14.1 Å². The highest BCUT2D eigenvalue weighted by Gasteiger charge is 2.68. The molecule has 58 heavy (non-hydrogen) atoms. The summed E-state index contributed by atoms with van der Waals surface area (Å²) in [6.07, 6.45) is 6.67. The van der Waals surface area contributed by atoms with Gasteiger partial charge in [0, 0.05) is 58.3 Å². The van der Waals surface area contributed by atoms with E-state index in [1.54, 1.807) is 7.11 Å². The molecule has 0 amide bonds. The van der Waals surface area contributed by atoms with Crippen molar-refractivity contribution in [2.45, 2.75) is 207 Å². The lowest BCUT2D eigenvalue weighted by Crippen LogP contribution is -2.61. The highest BCUT2D eigenvalue weighted by Crippen LogP contribution is 2.54. The Morgan fingerprint density at radius 2 is 1.71 bits per heavy atom. The van der Waals surface area contributed by atoms with E-state index in [-0.39, 0.29) is 103 Å². The predicted octanol–water partition coefficient (Wildman–Crippen LogP) is 4.91. The van der Waals surface area contributed by atoms with E-state index >= 15 is 0 Å². The van der Waals surface area contributed by atoms with Crippen LogP contribution in [0.15, 0.2) is 24.3 Å². The first-order valence-corrected chi connectivity index (χ1v) is 25.6. The molecular weight excluding hydrogens is 763 g/mol. The van der Waals surface area contributed by atoms with Crippen LogP contribution in [0.2, 0.25) is 19.1 Å². The van der Waals surface area contributed by atoms with Crippen LogP contribution in [0, 0.1) is 11.8 Å². The summed E-state index contributed by atoms with van der Waals surface area (Å²) in [5.74, 6) is -0.245. The summed E-state index contributed by atoms with van der Waals surface area (Å²) in [5, 5.41) is 0. The number of ether oxygens (including phenoxy) is 10. The first-order chi connectivity index (χ1) is 27.7. The molecule has 14 heteroatoms. The first kappa shape index (κ1) is 43.5. The Labute approximate surface area is 346 Å². The average molecular weight is 834 g/mol. The number of hydrogen-bond acceptors (Lipinski definition) is 13. The zero-order chi connectivity index (χ0) is 40.9. The van der Waals surface area contributed by atoms with Gasteiger partial charge in [-0.25, -0.2) is 0 Å². The fraction of sp³-hybridized carbons (Fsp3) is 0.886. The third-order valence-electron chi connectivity index (χ3n) is 14.5. The second-order valence-electron chi connectivity index (χ2n) is 19.5. The molecule has 0 radical (unpaired) electrons. The maximum Gasteiger partial charge on any atom is 0.184 e. The molecule has 0 aromatic heterocycles. The van der Waals surface area contributed by atoms with E-state index in [0.29, 0.717) is 63.8 Å². The number of ketones is 1. The summed E-state index contributed by atoms with van der Waals surface area (Å²) >= 11 is 0. The summed E-state index contributed by atoms with van der Waals surface area (Å²) < 4.78 is 64.8. The molecule has 9 aliphatic rings. The Kier molecular flexibility index (Phi) is 13.5. The van der Waals surface area contributed by atoms with Crippen molar-refractivity contribution in [2.24, 2.45) is 17.6 Å². The van der Waals surface area contributed by atoms with E-state index in [2.05, 4.69) is 27.0 Å². The molecule has 9 heterocycles. The predicted molar refractivity (Wildman–Crippen MR) is 217 cm³/mol. The van der Waals surface area contributed by atoms with Gasteiger partial charge in [-0.1, -0.05) is 20.1 Å². The number of carbonyl (C=O) groups excluding carboxylic acids is 1. The van der Waals surface area contributed by atoms with Gasteiger partial charge in [-0.3, -0.25) is 4.79 Å². The van der Waals surface area contributed by atoms with E-state index in [1.807, 2.05) is 13.1 Å². The van der Waals surface area contributed by atoms with Gasteiger partial charge in [-0.15, -0.1) is 0 Å². The molecule has 0 spiro atoms. The fourth-order valence-electron chi connectivity index (χ4n) is 11.2. The summed E-state index contributed by atoms with van der Waals surface area (Å²) in [6, 6.07) is 0.648. The number of methoxy groups -OCH3 is 1. The minimum absolute atomic E-state index is 0.0389. The zero-order valence-electron chi connectivity index (χ0n) is 35.6. The molecule has 0 aromatic rings. The highest BCUT2D eigenvalue weighted by atomic mass is 28.4. The van der Waals surface area contributed by atoms with Crippen LogP contribution in [0.1, 0.15) is 90.9 Å². The monoisotopic (exact) mass is 833 g/mol. The second-order valence-corrected chi connectivity index (χ2v) is 23.6. The van der Waals surface area contributed by atoms with Crippen LogP contribution < -0.4 is 5.73 Å². The molecule has 6 bridgehead atoms. The number of nitrogens with two attached hydrogens (primary N) is 1. The molecule has 18 atom stereocenters. The number of Topliss-reactive ketones (excluding diaryl/α,β-unsaturated/α-hetero) is 1. The van der Waals surface area contributed by atoms with Crippen LogP contribution in [0.25, 0.3) is 0 Å². The van der Waals surface area contributed by atoms with Crippen molar-refractivity contribution in [3.05, 3.63) is 24.3 Å². The van der Waals surface area contributed by atoms with Crippen LogP contribution in [0.4, 0.5) is 0 Å². The Balaban J connectivity index is 0.825. The lowest BCUT2D eigenvalue weighted by molar-refractivity contribution is -0.292. The van der Waals surface area contributed by atoms with Gasteiger partial charge < -0.3 is 57.9 Å². The molecule has 9 fully saturated rings. The smallest absolute Gasteiger partial charge is 0.184 e. The van der Waals surface area contributed by atoms with Gasteiger partial charge >= 0.3 is 0 Å². The molecule has 0 aromatic carbocycles. The van der Waals surface area contributed by atoms with Gasteiger partial charge in [-0.2, -0.15) is 0 Å². The average Bonchev–Trinajstić information content (AvgIpc) is 3.88. The SMILES string of the molecule is C=C1C[C@H](CC[C@@]23C[C@H]4O[C@@H]5[C@@H](O2)[C@H]2O[C@@H](CC(=O)C[C@H]6CO[C@H](C[C@@H](CN)OCC[Si](C)(C)O)[C@@H]6OC)CC[C@@H]2O[C@H]5[C@H]4O3)O[C@H]1CC[C@H]1C[C@@H](C)C(=C)[C@@H](C)O1. The van der Waals surface area contributed by atoms with Gasteiger partial charge in [-0.05, 0) is 88.1 Å². The van der Waals surface area contributed by atoms with Crippen LogP contribution >= 0.6 is 0 Å². The van der Waals surface area contributed by atoms with Crippen molar-refractivity contribution >= 4 is 14.1 Å². The van der Waals surface area contributed by atoms with Gasteiger partial charge in [0.05, 0.1) is 67.6 Å². The van der Waals surface area contributed by atoms with Gasteiger partial charge in [0.25, 0.3) is 0 Å². The molecule has 0 unspecified atom stereocenters. The van der Waals surface area contributed by atoms with Crippen molar-refractivity contribution in [2.75, 3.05) is 26.9 Å². The second kappa shape index (κ2) is 17.9. The molecule has 9 rings (SSSR count). The summed E-state index contributed by atoms with van der Waals surface area (Å²) in [5.41, 5.74) is 8.38. The normalized spacial score (nSPS) is 45.2. The molecule has 9 saturated heterocycles. The molecule has 13 nitrogen and oxygen atoms in total. The number of fused-ring (bicyclic) bond motifs is 1. The van der Waals surface area contributed by atoms with E-state index in [9.17, 15) is 9.59 Å². The van der Waals surface area contributed by atoms with Crippen molar-refractivity contribution in [3.63, 3.8) is 0 Å². The van der Waals surface area contributed by atoms with Gasteiger partial charge in [0.1, 0.15) is 36.3 Å². The number of hydrogen-bond donors (Lipinski definition) is 2. The fourth-order valence-corrected chi connectivity index (χ4v) is 11.8. The van der Waals surface area contributed by atoms with Crippen molar-refractivity contribution in [1.82, 2.24) is 0 Å². The van der Waals surface area contributed by atoms with Crippen molar-refractivity contribution in [3.8, 4) is 0 Å². The number of rotatable bonds is 18. The highest BCUT2D eigenvalue weighted by molar-refractivity contribution is 6.69. The van der Waals surface area contributed by atoms with Crippen molar-refractivity contribution < 1.29 is 57.0 Å². The topological polar surface area (TPSA) is 156 Å². The summed E-state index contributed by atoms with van der Waals surface area (Å²) in [6.45, 7) is 18.0. The molecule has 0 saturated carbocycles. The van der Waals surface area contributed by atoms with Crippen LogP contribution in [-0.2, 0) is 52.2 Å². The maximum atomic E-state index is 13.6. The Bertz CT molecular complexity index is 1460. The standard InChI is InChI=1S/C44H71NO12Si/c1-24-16-30(51-27(4)26(24)3)8-10-34-25(2)17-32(52-34)12-13-44-21-37-40(56-44)41-42(55-37)43(57-44)39-35(54-41)11-9-31(53-39)19-29(46)18-28-23-50-36(38(28)48-5)20-33(22-45)49-14-15-58(6,7)47/h24,27-28,30-43,47H,2-3,8-23,45H2,1,4-7H3/t24-,27-,28+,30+,31-,32+,33+,34+,35+,36-,37-,38-,39+,40+,41+,42+,43+,44+/m1/s1. The zero-order valence-corrected chi connectivity index (χ0v) is 36.6. The first-order valence-electron chi connectivity index (χ1n) is 22.4. The quantitative estimate of drug-likeness (QED) is 0.142. The largest absolute Gasteiger partial charge is 0.432 e. The van der Waals surface area contributed by atoms with Gasteiger partial charge in [0.2, 0.25) is 0 Å². The minimum Gasteiger partial charge on any atom is -0.432 e. The Morgan fingerprint density at radius 3 is 2.47 bits per heavy atom. The van der Waals surface area contributed by atoms with Crippen LogP contribution in [0.3, 0.4) is 0 Å². The lowest BCUT2D eigenvalue weighted by Gasteiger charge is -2.47. The molecule has 328 valence electrons. The summed E-state index contributed by atoms with van der Waals surface area (Å²) in [7, 11) is -0.531. The van der Waals surface area contributed by atoms with E-state index in [4.69, 9.17) is 53.1 Å². The lowest BCUT2D eigenvalue weighted by atomic mass is 9.86. The van der Waals surface area contributed by atoms with Crippen LogP contribution in [0.5, 0.6) is 0 Å². The number of carbonyl (C=O) groups is 1. The van der Waals surface area contributed by atoms with E-state index in [1.165, 1.54) is 5.57 Å². The Morgan fingerprint density at radius 1 is 0.931 bits per heavy atom. The van der Waals surface area contributed by atoms with E-state index in [0.717, 1.165) is 50.5 Å². The maximum absolute atomic E-state index is 13.6. The minimum atomic E-state index is -2.20. The third kappa shape index (κ3) is 9.45.